The number of benzene rings is 3. The van der Waals surface area contributed by atoms with Crippen molar-refractivity contribution in [3.63, 3.8) is 0 Å². The van der Waals surface area contributed by atoms with Gasteiger partial charge in [0.1, 0.15) is 5.58 Å². The molecule has 0 fully saturated rings. The number of fused-ring (bicyclic) bond motifs is 1. The standard InChI is InChI=1S/C22H14N2O4/c25-22-20(13-17-3-1-2-4-21(17)28-22)16-7-9-18(10-8-16)23-14-15-5-11-19(12-6-15)24(26)27/h1-14H. The van der Waals surface area contributed by atoms with Gasteiger partial charge in [0.05, 0.1) is 16.2 Å². The Morgan fingerprint density at radius 3 is 2.36 bits per heavy atom. The van der Waals surface area contributed by atoms with Crippen molar-refractivity contribution < 1.29 is 9.34 Å². The monoisotopic (exact) mass is 370 g/mol. The molecule has 4 rings (SSSR count). The Hall–Kier alpha value is -4.06. The number of aliphatic imine (C=N–C) groups is 1. The van der Waals surface area contributed by atoms with Crippen molar-refractivity contribution in [1.82, 2.24) is 0 Å². The van der Waals surface area contributed by atoms with Crippen molar-refractivity contribution in [1.29, 1.82) is 0 Å². The number of nitro benzene ring substituents is 1. The van der Waals surface area contributed by atoms with Crippen LogP contribution in [0.4, 0.5) is 11.4 Å². The average molecular weight is 370 g/mol. The maximum Gasteiger partial charge on any atom is 0.344 e. The van der Waals surface area contributed by atoms with Crippen LogP contribution < -0.4 is 5.63 Å². The van der Waals surface area contributed by atoms with Crippen LogP contribution in [0.2, 0.25) is 0 Å². The third kappa shape index (κ3) is 3.57. The van der Waals surface area contributed by atoms with Crippen molar-refractivity contribution >= 4 is 28.6 Å². The molecule has 0 aliphatic rings. The molecule has 0 radical (unpaired) electrons. The fourth-order valence-electron chi connectivity index (χ4n) is 2.82. The number of para-hydroxylation sites is 1. The van der Waals surface area contributed by atoms with Crippen LogP contribution in [0.15, 0.2) is 93.1 Å². The van der Waals surface area contributed by atoms with Crippen LogP contribution in [0.3, 0.4) is 0 Å². The van der Waals surface area contributed by atoms with Gasteiger partial charge in [-0.05, 0) is 47.5 Å². The first-order valence-electron chi connectivity index (χ1n) is 8.52. The molecule has 4 aromatic rings. The molecule has 1 aromatic heterocycles. The highest BCUT2D eigenvalue weighted by molar-refractivity contribution is 5.83. The predicted molar refractivity (Wildman–Crippen MR) is 108 cm³/mol. The first kappa shape index (κ1) is 17.4. The van der Waals surface area contributed by atoms with Crippen molar-refractivity contribution in [3.05, 3.63) is 105 Å². The van der Waals surface area contributed by atoms with E-state index >= 15 is 0 Å². The molecule has 0 amide bonds. The molecule has 0 saturated carbocycles. The molecule has 1 heterocycles. The smallest absolute Gasteiger partial charge is 0.344 e. The van der Waals surface area contributed by atoms with Gasteiger partial charge in [-0.15, -0.1) is 0 Å². The summed E-state index contributed by atoms with van der Waals surface area (Å²) in [6.07, 6.45) is 1.63. The molecule has 0 unspecified atom stereocenters. The molecule has 0 spiro atoms. The van der Waals surface area contributed by atoms with E-state index in [1.54, 1.807) is 36.5 Å². The fraction of sp³-hybridized carbons (Fsp3) is 0. The Bertz CT molecular complexity index is 1240. The van der Waals surface area contributed by atoms with Crippen LogP contribution in [0.25, 0.3) is 22.1 Å². The third-order valence-corrected chi connectivity index (χ3v) is 4.29. The summed E-state index contributed by atoms with van der Waals surface area (Å²) >= 11 is 0. The lowest BCUT2D eigenvalue weighted by Gasteiger charge is -2.03. The highest BCUT2D eigenvalue weighted by Gasteiger charge is 2.07. The first-order valence-corrected chi connectivity index (χ1v) is 8.52. The fourth-order valence-corrected chi connectivity index (χ4v) is 2.82. The van der Waals surface area contributed by atoms with Gasteiger partial charge in [-0.2, -0.15) is 0 Å². The molecular formula is C22H14N2O4. The normalized spacial score (nSPS) is 11.1. The summed E-state index contributed by atoms with van der Waals surface area (Å²) in [4.78, 5) is 26.9. The zero-order valence-electron chi connectivity index (χ0n) is 14.6. The average Bonchev–Trinajstić information content (AvgIpc) is 2.72. The lowest BCUT2D eigenvalue weighted by molar-refractivity contribution is -0.384. The van der Waals surface area contributed by atoms with E-state index in [-0.39, 0.29) is 11.3 Å². The Morgan fingerprint density at radius 2 is 1.64 bits per heavy atom. The summed E-state index contributed by atoms with van der Waals surface area (Å²) in [5.41, 5.74) is 2.90. The lowest BCUT2D eigenvalue weighted by Crippen LogP contribution is -2.02. The van der Waals surface area contributed by atoms with E-state index in [4.69, 9.17) is 4.42 Å². The van der Waals surface area contributed by atoms with Crippen LogP contribution in [-0.4, -0.2) is 11.1 Å². The number of nitrogens with zero attached hydrogens (tertiary/aromatic N) is 2. The summed E-state index contributed by atoms with van der Waals surface area (Å²) in [7, 11) is 0. The molecule has 0 bridgehead atoms. The number of hydrogen-bond acceptors (Lipinski definition) is 5. The Balaban J connectivity index is 1.58. The summed E-state index contributed by atoms with van der Waals surface area (Å²) in [6.45, 7) is 0. The van der Waals surface area contributed by atoms with E-state index in [1.807, 2.05) is 36.4 Å². The maximum atomic E-state index is 12.3. The lowest BCUT2D eigenvalue weighted by atomic mass is 10.1. The van der Waals surface area contributed by atoms with E-state index < -0.39 is 4.92 Å². The molecule has 0 atom stereocenters. The van der Waals surface area contributed by atoms with E-state index in [0.29, 0.717) is 16.8 Å². The van der Waals surface area contributed by atoms with Crippen molar-refractivity contribution in [2.24, 2.45) is 4.99 Å². The zero-order valence-corrected chi connectivity index (χ0v) is 14.6. The SMILES string of the molecule is O=c1oc2ccccc2cc1-c1ccc(N=Cc2ccc([N+](=O)[O-])cc2)cc1. The van der Waals surface area contributed by atoms with Crippen molar-refractivity contribution in [2.45, 2.75) is 0 Å². The summed E-state index contributed by atoms with van der Waals surface area (Å²) in [5.74, 6) is 0. The van der Waals surface area contributed by atoms with Gasteiger partial charge in [-0.1, -0.05) is 30.3 Å². The molecule has 136 valence electrons. The molecule has 0 aliphatic carbocycles. The van der Waals surface area contributed by atoms with Gasteiger partial charge in [-0.25, -0.2) is 4.79 Å². The van der Waals surface area contributed by atoms with Gasteiger partial charge in [0, 0.05) is 23.7 Å². The van der Waals surface area contributed by atoms with E-state index in [2.05, 4.69) is 4.99 Å². The van der Waals surface area contributed by atoms with Crippen LogP contribution in [0.1, 0.15) is 5.56 Å². The molecule has 0 saturated heterocycles. The van der Waals surface area contributed by atoms with E-state index in [1.165, 1.54) is 12.1 Å². The summed E-state index contributed by atoms with van der Waals surface area (Å²) in [5, 5.41) is 11.5. The van der Waals surface area contributed by atoms with Crippen LogP contribution in [0, 0.1) is 10.1 Å². The van der Waals surface area contributed by atoms with Gasteiger partial charge < -0.3 is 4.42 Å². The largest absolute Gasteiger partial charge is 0.422 e. The Kier molecular flexibility index (Phi) is 4.51. The number of non-ortho nitro benzene ring substituents is 1. The Morgan fingerprint density at radius 1 is 0.929 bits per heavy atom. The zero-order chi connectivity index (χ0) is 19.5. The minimum atomic E-state index is -0.441. The summed E-state index contributed by atoms with van der Waals surface area (Å²) in [6, 6.07) is 22.5. The van der Waals surface area contributed by atoms with Gasteiger partial charge in [-0.3, -0.25) is 15.1 Å². The summed E-state index contributed by atoms with van der Waals surface area (Å²) < 4.78 is 5.38. The first-order chi connectivity index (χ1) is 13.6. The molecule has 0 N–H and O–H groups in total. The van der Waals surface area contributed by atoms with Crippen molar-refractivity contribution in [3.8, 4) is 11.1 Å². The topological polar surface area (TPSA) is 85.7 Å². The van der Waals surface area contributed by atoms with Crippen LogP contribution in [0.5, 0.6) is 0 Å². The number of rotatable bonds is 4. The third-order valence-electron chi connectivity index (χ3n) is 4.29. The molecule has 6 nitrogen and oxygen atoms in total. The van der Waals surface area contributed by atoms with Gasteiger partial charge in [0.25, 0.3) is 5.69 Å². The second-order valence-corrected chi connectivity index (χ2v) is 6.14. The minimum Gasteiger partial charge on any atom is -0.422 e. The van der Waals surface area contributed by atoms with E-state index in [9.17, 15) is 14.9 Å². The highest BCUT2D eigenvalue weighted by Crippen LogP contribution is 2.23. The molecular weight excluding hydrogens is 356 g/mol. The number of hydrogen-bond donors (Lipinski definition) is 0. The Labute approximate surface area is 159 Å². The minimum absolute atomic E-state index is 0.0377. The molecule has 3 aromatic carbocycles. The van der Waals surface area contributed by atoms with Gasteiger partial charge in [0.15, 0.2) is 0 Å². The second kappa shape index (κ2) is 7.28. The quantitative estimate of drug-likeness (QED) is 0.216. The second-order valence-electron chi connectivity index (χ2n) is 6.14. The van der Waals surface area contributed by atoms with Crippen LogP contribution in [-0.2, 0) is 0 Å². The predicted octanol–water partition coefficient (Wildman–Crippen LogP) is 5.12. The number of nitro groups is 1. The highest BCUT2D eigenvalue weighted by atomic mass is 16.6. The van der Waals surface area contributed by atoms with Crippen molar-refractivity contribution in [2.75, 3.05) is 0 Å². The molecule has 0 aliphatic heterocycles. The van der Waals surface area contributed by atoms with Gasteiger partial charge >= 0.3 is 5.63 Å². The van der Waals surface area contributed by atoms with E-state index in [0.717, 1.165) is 16.5 Å². The maximum absolute atomic E-state index is 12.3. The molecule has 6 heteroatoms. The molecule has 28 heavy (non-hydrogen) atoms. The van der Waals surface area contributed by atoms with Crippen LogP contribution >= 0.6 is 0 Å². The van der Waals surface area contributed by atoms with Gasteiger partial charge in [0.2, 0.25) is 0 Å².